The third kappa shape index (κ3) is 2.56. The number of nitrogen functional groups attached to an aromatic ring is 1. The van der Waals surface area contributed by atoms with Gasteiger partial charge in [0.15, 0.2) is 0 Å². The Bertz CT molecular complexity index is 654. The number of rotatable bonds is 4. The molecule has 3 N–H and O–H groups in total. The molecule has 2 aromatic rings. The van der Waals surface area contributed by atoms with Crippen LogP contribution in [0.5, 0.6) is 0 Å². The van der Waals surface area contributed by atoms with Crippen molar-refractivity contribution >= 4 is 17.3 Å². The number of carboxylic acids is 1. The molecule has 0 saturated carbocycles. The lowest BCUT2D eigenvalue weighted by molar-refractivity contribution is 0.0698. The number of nitrogens with zero attached hydrogens (tertiary/aromatic N) is 3. The van der Waals surface area contributed by atoms with Gasteiger partial charge in [-0.15, -0.1) is 0 Å². The second kappa shape index (κ2) is 5.20. The Labute approximate surface area is 115 Å². The number of carboxylic acid groups (broad SMARTS) is 1. The van der Waals surface area contributed by atoms with Crippen molar-refractivity contribution in [2.75, 3.05) is 17.7 Å². The number of carbonyl (C=O) groups is 1. The van der Waals surface area contributed by atoms with Gasteiger partial charge in [0.2, 0.25) is 0 Å². The van der Waals surface area contributed by atoms with Gasteiger partial charge in [-0.05, 0) is 12.1 Å². The van der Waals surface area contributed by atoms with Crippen LogP contribution in [0.4, 0.5) is 15.8 Å². The zero-order valence-electron chi connectivity index (χ0n) is 11.2. The number of benzene rings is 1. The van der Waals surface area contributed by atoms with Crippen molar-refractivity contribution in [3.63, 3.8) is 0 Å². The largest absolute Gasteiger partial charge is 0.478 e. The van der Waals surface area contributed by atoms with Crippen LogP contribution in [0.2, 0.25) is 0 Å². The summed E-state index contributed by atoms with van der Waals surface area (Å²) in [6, 6.07) is 2.57. The average molecular weight is 278 g/mol. The van der Waals surface area contributed by atoms with Gasteiger partial charge in [-0.25, -0.2) is 9.18 Å². The number of nitrogens with two attached hydrogens (primary N) is 1. The van der Waals surface area contributed by atoms with E-state index in [0.717, 1.165) is 11.6 Å². The molecule has 0 unspecified atom stereocenters. The molecule has 7 heteroatoms. The van der Waals surface area contributed by atoms with Crippen molar-refractivity contribution in [1.82, 2.24) is 9.78 Å². The molecule has 0 fully saturated rings. The summed E-state index contributed by atoms with van der Waals surface area (Å²) >= 11 is 0. The van der Waals surface area contributed by atoms with E-state index in [0.29, 0.717) is 12.2 Å². The fourth-order valence-corrected chi connectivity index (χ4v) is 2.04. The number of halogens is 1. The molecule has 0 saturated heterocycles. The molecule has 1 aromatic heterocycles. The van der Waals surface area contributed by atoms with Crippen molar-refractivity contribution < 1.29 is 14.3 Å². The van der Waals surface area contributed by atoms with Gasteiger partial charge >= 0.3 is 5.97 Å². The monoisotopic (exact) mass is 278 g/mol. The van der Waals surface area contributed by atoms with Crippen LogP contribution in [0, 0.1) is 5.82 Å². The Hall–Kier alpha value is -2.57. The molecule has 0 radical (unpaired) electrons. The highest BCUT2D eigenvalue weighted by Crippen LogP contribution is 2.28. The first kappa shape index (κ1) is 13.9. The third-order valence-corrected chi connectivity index (χ3v) is 2.97. The zero-order valence-corrected chi connectivity index (χ0v) is 11.2. The molecule has 1 aromatic carbocycles. The highest BCUT2D eigenvalue weighted by atomic mass is 19.1. The third-order valence-electron chi connectivity index (χ3n) is 2.97. The van der Waals surface area contributed by atoms with Crippen molar-refractivity contribution in [3.8, 4) is 0 Å². The van der Waals surface area contributed by atoms with Crippen LogP contribution in [0.25, 0.3) is 0 Å². The van der Waals surface area contributed by atoms with Gasteiger partial charge < -0.3 is 15.7 Å². The van der Waals surface area contributed by atoms with Crippen molar-refractivity contribution in [2.24, 2.45) is 7.05 Å². The standard InChI is InChI=1S/C13H15FN4O2/c1-17(6-8-5-16-18(2)7-8)10-4-3-9(14)12(15)11(10)13(19)20/h3-5,7H,6,15H2,1-2H3,(H,19,20). The van der Waals surface area contributed by atoms with Crippen LogP contribution in [0.15, 0.2) is 24.5 Å². The number of hydrogen-bond donors (Lipinski definition) is 2. The van der Waals surface area contributed by atoms with Crippen molar-refractivity contribution in [2.45, 2.75) is 6.54 Å². The maximum absolute atomic E-state index is 13.4. The number of aromatic nitrogens is 2. The van der Waals surface area contributed by atoms with E-state index in [9.17, 15) is 14.3 Å². The van der Waals surface area contributed by atoms with Gasteiger partial charge in [-0.2, -0.15) is 5.10 Å². The van der Waals surface area contributed by atoms with Gasteiger partial charge in [0.25, 0.3) is 0 Å². The van der Waals surface area contributed by atoms with E-state index in [1.165, 1.54) is 6.07 Å². The maximum Gasteiger partial charge on any atom is 0.340 e. The number of aromatic carboxylic acids is 1. The molecule has 20 heavy (non-hydrogen) atoms. The van der Waals surface area contributed by atoms with Gasteiger partial charge in [-0.1, -0.05) is 0 Å². The van der Waals surface area contributed by atoms with Gasteiger partial charge in [0, 0.05) is 32.4 Å². The maximum atomic E-state index is 13.4. The molecule has 0 aliphatic carbocycles. The topological polar surface area (TPSA) is 84.4 Å². The summed E-state index contributed by atoms with van der Waals surface area (Å²) in [5, 5.41) is 13.2. The summed E-state index contributed by atoms with van der Waals surface area (Å²) in [6.07, 6.45) is 3.51. The second-order valence-corrected chi connectivity index (χ2v) is 4.54. The quantitative estimate of drug-likeness (QED) is 0.827. The summed E-state index contributed by atoms with van der Waals surface area (Å²) in [7, 11) is 3.51. The summed E-state index contributed by atoms with van der Waals surface area (Å²) in [4.78, 5) is 13.0. The Morgan fingerprint density at radius 2 is 2.25 bits per heavy atom. The summed E-state index contributed by atoms with van der Waals surface area (Å²) in [5.41, 5.74) is 6.21. The molecule has 0 amide bonds. The summed E-state index contributed by atoms with van der Waals surface area (Å²) in [6.45, 7) is 0.444. The summed E-state index contributed by atoms with van der Waals surface area (Å²) < 4.78 is 15.0. The van der Waals surface area contributed by atoms with Gasteiger partial charge in [0.05, 0.1) is 17.6 Å². The van der Waals surface area contributed by atoms with E-state index in [4.69, 9.17) is 5.73 Å². The predicted octanol–water partition coefficient (Wildman–Crippen LogP) is 1.48. The van der Waals surface area contributed by atoms with Crippen LogP contribution < -0.4 is 10.6 Å². The fourth-order valence-electron chi connectivity index (χ4n) is 2.04. The minimum atomic E-state index is -1.25. The first-order valence-electron chi connectivity index (χ1n) is 5.90. The van der Waals surface area contributed by atoms with Crippen LogP contribution in [-0.2, 0) is 13.6 Å². The van der Waals surface area contributed by atoms with Crippen LogP contribution in [0.1, 0.15) is 15.9 Å². The SMILES string of the molecule is CN(Cc1cnn(C)c1)c1ccc(F)c(N)c1C(=O)O. The lowest BCUT2D eigenvalue weighted by atomic mass is 10.1. The van der Waals surface area contributed by atoms with Crippen molar-refractivity contribution in [3.05, 3.63) is 41.5 Å². The van der Waals surface area contributed by atoms with Crippen LogP contribution >= 0.6 is 0 Å². The average Bonchev–Trinajstić information content (AvgIpc) is 2.77. The molecular formula is C13H15FN4O2. The molecule has 0 aliphatic rings. The summed E-state index contributed by atoms with van der Waals surface area (Å²) in [5.74, 6) is -1.99. The zero-order chi connectivity index (χ0) is 14.9. The van der Waals surface area contributed by atoms with E-state index in [1.807, 2.05) is 6.20 Å². The van der Waals surface area contributed by atoms with Crippen LogP contribution in [0.3, 0.4) is 0 Å². The first-order chi connectivity index (χ1) is 9.40. The lowest BCUT2D eigenvalue weighted by Crippen LogP contribution is -2.20. The highest BCUT2D eigenvalue weighted by molar-refractivity contribution is 6.00. The molecule has 0 bridgehead atoms. The molecule has 106 valence electrons. The fraction of sp³-hybridized carbons (Fsp3) is 0.231. The molecule has 6 nitrogen and oxygen atoms in total. The number of anilines is 2. The second-order valence-electron chi connectivity index (χ2n) is 4.54. The smallest absolute Gasteiger partial charge is 0.340 e. The molecule has 0 aliphatic heterocycles. The normalized spacial score (nSPS) is 10.6. The minimum Gasteiger partial charge on any atom is -0.478 e. The first-order valence-corrected chi connectivity index (χ1v) is 5.90. The van der Waals surface area contributed by atoms with E-state index in [2.05, 4.69) is 5.10 Å². The molecule has 0 spiro atoms. The van der Waals surface area contributed by atoms with Crippen LogP contribution in [-0.4, -0.2) is 27.9 Å². The molecule has 1 heterocycles. The van der Waals surface area contributed by atoms with Gasteiger partial charge in [-0.3, -0.25) is 4.68 Å². The Morgan fingerprint density at radius 3 is 2.80 bits per heavy atom. The minimum absolute atomic E-state index is 0.226. The number of aryl methyl sites for hydroxylation is 1. The predicted molar refractivity (Wildman–Crippen MR) is 73.1 cm³/mol. The van der Waals surface area contributed by atoms with E-state index in [1.54, 1.807) is 29.9 Å². The van der Waals surface area contributed by atoms with E-state index < -0.39 is 11.8 Å². The van der Waals surface area contributed by atoms with Crippen molar-refractivity contribution in [1.29, 1.82) is 0 Å². The Balaban J connectivity index is 2.36. The highest BCUT2D eigenvalue weighted by Gasteiger charge is 2.20. The Morgan fingerprint density at radius 1 is 1.55 bits per heavy atom. The number of hydrogen-bond acceptors (Lipinski definition) is 4. The van der Waals surface area contributed by atoms with Gasteiger partial charge in [0.1, 0.15) is 11.4 Å². The molecular weight excluding hydrogens is 263 g/mol. The van der Waals surface area contributed by atoms with E-state index in [-0.39, 0.29) is 11.3 Å². The Kier molecular flexibility index (Phi) is 3.60. The van der Waals surface area contributed by atoms with E-state index >= 15 is 0 Å². The lowest BCUT2D eigenvalue weighted by Gasteiger charge is -2.21. The molecule has 2 rings (SSSR count). The molecule has 0 atom stereocenters.